The molecule has 0 heterocycles. The first-order valence-electron chi connectivity index (χ1n) is 5.76. The molecule has 0 bridgehead atoms. The predicted molar refractivity (Wildman–Crippen MR) is 69.3 cm³/mol. The first-order chi connectivity index (χ1) is 8.61. The van der Waals surface area contributed by atoms with E-state index in [1.54, 1.807) is 0 Å². The Balaban J connectivity index is 2.31. The molecule has 5 heteroatoms. The van der Waals surface area contributed by atoms with Crippen LogP contribution >= 0.6 is 0 Å². The van der Waals surface area contributed by atoms with Crippen molar-refractivity contribution < 1.29 is 14.3 Å². The Labute approximate surface area is 107 Å². The van der Waals surface area contributed by atoms with Gasteiger partial charge in [0.1, 0.15) is 0 Å². The lowest BCUT2D eigenvalue weighted by Gasteiger charge is -2.05. The second kappa shape index (κ2) is 7.45. The van der Waals surface area contributed by atoms with Gasteiger partial charge in [-0.25, -0.2) is 0 Å². The summed E-state index contributed by atoms with van der Waals surface area (Å²) in [5.41, 5.74) is 1.93. The summed E-state index contributed by atoms with van der Waals surface area (Å²) in [7, 11) is 1.37. The molecule has 0 unspecified atom stereocenters. The normalized spacial score (nSPS) is 9.89. The number of rotatable bonds is 6. The highest BCUT2D eigenvalue weighted by atomic mass is 16.5. The molecular formula is C13H18N2O3. The van der Waals surface area contributed by atoms with Crippen molar-refractivity contribution in [2.45, 2.75) is 13.3 Å². The number of nitrogens with one attached hydrogen (secondary N) is 2. The molecule has 0 aromatic heterocycles. The van der Waals surface area contributed by atoms with Crippen LogP contribution in [0.2, 0.25) is 0 Å². The van der Waals surface area contributed by atoms with Crippen LogP contribution < -0.4 is 10.6 Å². The van der Waals surface area contributed by atoms with Gasteiger partial charge in [0, 0.05) is 12.6 Å². The van der Waals surface area contributed by atoms with E-state index in [2.05, 4.69) is 15.4 Å². The fourth-order valence-corrected chi connectivity index (χ4v) is 1.45. The van der Waals surface area contributed by atoms with Crippen LogP contribution in [-0.2, 0) is 20.7 Å². The van der Waals surface area contributed by atoms with Crippen LogP contribution in [0.5, 0.6) is 0 Å². The maximum atomic E-state index is 10.8. The van der Waals surface area contributed by atoms with Gasteiger partial charge in [-0.15, -0.1) is 0 Å². The summed E-state index contributed by atoms with van der Waals surface area (Å²) in [6.45, 7) is 2.40. The second-order valence-corrected chi connectivity index (χ2v) is 3.88. The average molecular weight is 250 g/mol. The Hall–Kier alpha value is -1.88. The number of ether oxygens (including phenoxy) is 1. The van der Waals surface area contributed by atoms with Gasteiger partial charge in [0.05, 0.1) is 13.7 Å². The van der Waals surface area contributed by atoms with Gasteiger partial charge in [-0.2, -0.15) is 0 Å². The van der Waals surface area contributed by atoms with Gasteiger partial charge < -0.3 is 15.4 Å². The van der Waals surface area contributed by atoms with Gasteiger partial charge in [-0.05, 0) is 30.7 Å². The van der Waals surface area contributed by atoms with E-state index in [-0.39, 0.29) is 18.4 Å². The van der Waals surface area contributed by atoms with Crippen molar-refractivity contribution in [3.05, 3.63) is 29.8 Å². The summed E-state index contributed by atoms with van der Waals surface area (Å²) >= 11 is 0. The van der Waals surface area contributed by atoms with E-state index in [9.17, 15) is 9.59 Å². The largest absolute Gasteiger partial charge is 0.468 e. The third-order valence-electron chi connectivity index (χ3n) is 2.36. The van der Waals surface area contributed by atoms with E-state index < -0.39 is 0 Å². The van der Waals surface area contributed by atoms with Gasteiger partial charge in [0.2, 0.25) is 5.91 Å². The highest BCUT2D eigenvalue weighted by Crippen LogP contribution is 2.09. The van der Waals surface area contributed by atoms with Gasteiger partial charge in [-0.1, -0.05) is 12.1 Å². The first kappa shape index (κ1) is 14.2. The molecule has 0 spiro atoms. The van der Waals surface area contributed by atoms with Gasteiger partial charge >= 0.3 is 5.97 Å². The van der Waals surface area contributed by atoms with Crippen LogP contribution in [0.4, 0.5) is 5.69 Å². The van der Waals surface area contributed by atoms with Crippen LogP contribution in [0.15, 0.2) is 24.3 Å². The molecule has 0 fully saturated rings. The van der Waals surface area contributed by atoms with E-state index in [0.29, 0.717) is 6.54 Å². The molecule has 0 aliphatic heterocycles. The molecule has 1 aromatic carbocycles. The Morgan fingerprint density at radius 1 is 1.22 bits per heavy atom. The number of esters is 1. The number of methoxy groups -OCH3 is 1. The summed E-state index contributed by atoms with van der Waals surface area (Å²) in [5, 5.41) is 5.69. The van der Waals surface area contributed by atoms with Crippen LogP contribution in [-0.4, -0.2) is 32.1 Å². The smallest absolute Gasteiger partial charge is 0.319 e. The SMILES string of the molecule is COC(=O)CNCCc1ccc(NC(C)=O)cc1. The second-order valence-electron chi connectivity index (χ2n) is 3.88. The Kier molecular flexibility index (Phi) is 5.87. The standard InChI is InChI=1S/C13H18N2O3/c1-10(16)15-12-5-3-11(4-6-12)7-8-14-9-13(17)18-2/h3-6,14H,7-9H2,1-2H3,(H,15,16). The molecule has 0 aliphatic rings. The fourth-order valence-electron chi connectivity index (χ4n) is 1.45. The summed E-state index contributed by atoms with van der Waals surface area (Å²) in [5.74, 6) is -0.349. The Bertz CT molecular complexity index is 401. The number of carbonyl (C=O) groups excluding carboxylic acids is 2. The van der Waals surface area contributed by atoms with Gasteiger partial charge in [0.25, 0.3) is 0 Å². The van der Waals surface area contributed by atoms with Crippen molar-refractivity contribution >= 4 is 17.6 Å². The lowest BCUT2D eigenvalue weighted by atomic mass is 10.1. The summed E-state index contributed by atoms with van der Waals surface area (Å²) < 4.78 is 4.51. The lowest BCUT2D eigenvalue weighted by molar-refractivity contribution is -0.139. The number of carbonyl (C=O) groups is 2. The number of amides is 1. The third kappa shape index (κ3) is 5.45. The molecule has 1 rings (SSSR count). The van der Waals surface area contributed by atoms with Crippen LogP contribution in [0.1, 0.15) is 12.5 Å². The minimum absolute atomic E-state index is 0.0810. The fraction of sp³-hybridized carbons (Fsp3) is 0.385. The van der Waals surface area contributed by atoms with Gasteiger partial charge in [-0.3, -0.25) is 9.59 Å². The summed E-state index contributed by atoms with van der Waals surface area (Å²) in [6, 6.07) is 7.62. The Morgan fingerprint density at radius 3 is 2.44 bits per heavy atom. The van der Waals surface area contributed by atoms with Crippen molar-refractivity contribution in [1.82, 2.24) is 5.32 Å². The minimum Gasteiger partial charge on any atom is -0.468 e. The molecular weight excluding hydrogens is 232 g/mol. The van der Waals surface area contributed by atoms with E-state index in [1.165, 1.54) is 14.0 Å². The molecule has 98 valence electrons. The molecule has 18 heavy (non-hydrogen) atoms. The maximum Gasteiger partial charge on any atom is 0.319 e. The molecule has 5 nitrogen and oxygen atoms in total. The van der Waals surface area contributed by atoms with Crippen molar-refractivity contribution in [2.24, 2.45) is 0 Å². The van der Waals surface area contributed by atoms with Crippen molar-refractivity contribution in [1.29, 1.82) is 0 Å². The summed E-state index contributed by atoms with van der Waals surface area (Å²) in [4.78, 5) is 21.7. The molecule has 0 aliphatic carbocycles. The van der Waals surface area contributed by atoms with E-state index in [1.807, 2.05) is 24.3 Å². The van der Waals surface area contributed by atoms with Crippen molar-refractivity contribution in [3.8, 4) is 0 Å². The number of anilines is 1. The topological polar surface area (TPSA) is 67.4 Å². The molecule has 0 saturated heterocycles. The van der Waals surface area contributed by atoms with E-state index in [0.717, 1.165) is 17.7 Å². The van der Waals surface area contributed by atoms with Crippen molar-refractivity contribution in [3.63, 3.8) is 0 Å². The first-order valence-corrected chi connectivity index (χ1v) is 5.76. The number of benzene rings is 1. The zero-order valence-electron chi connectivity index (χ0n) is 10.7. The van der Waals surface area contributed by atoms with Gasteiger partial charge in [0.15, 0.2) is 0 Å². The maximum absolute atomic E-state index is 10.8. The third-order valence-corrected chi connectivity index (χ3v) is 2.36. The zero-order valence-corrected chi connectivity index (χ0v) is 10.7. The van der Waals surface area contributed by atoms with Crippen LogP contribution in [0, 0.1) is 0 Å². The zero-order chi connectivity index (χ0) is 13.4. The molecule has 0 radical (unpaired) electrons. The molecule has 1 aromatic rings. The highest BCUT2D eigenvalue weighted by Gasteiger charge is 1.99. The number of hydrogen-bond acceptors (Lipinski definition) is 4. The lowest BCUT2D eigenvalue weighted by Crippen LogP contribution is -2.25. The Morgan fingerprint density at radius 2 is 1.89 bits per heavy atom. The average Bonchev–Trinajstić information content (AvgIpc) is 2.35. The molecule has 1 amide bonds. The monoisotopic (exact) mass is 250 g/mol. The quantitative estimate of drug-likeness (QED) is 0.582. The van der Waals surface area contributed by atoms with Crippen LogP contribution in [0.3, 0.4) is 0 Å². The minimum atomic E-state index is -0.268. The highest BCUT2D eigenvalue weighted by molar-refractivity contribution is 5.88. The molecule has 0 saturated carbocycles. The van der Waals surface area contributed by atoms with Crippen molar-refractivity contribution in [2.75, 3.05) is 25.5 Å². The number of hydrogen-bond donors (Lipinski definition) is 2. The molecule has 0 atom stereocenters. The van der Waals surface area contributed by atoms with Crippen LogP contribution in [0.25, 0.3) is 0 Å². The molecule has 2 N–H and O–H groups in total. The van der Waals surface area contributed by atoms with E-state index >= 15 is 0 Å². The summed E-state index contributed by atoms with van der Waals surface area (Å²) in [6.07, 6.45) is 0.817. The predicted octanol–water partition coefficient (Wildman–Crippen LogP) is 0.950. The van der Waals surface area contributed by atoms with E-state index in [4.69, 9.17) is 0 Å².